The van der Waals surface area contributed by atoms with Gasteiger partial charge in [0.2, 0.25) is 21.9 Å². The van der Waals surface area contributed by atoms with Crippen LogP contribution < -0.4 is 14.8 Å². The molecule has 1 aliphatic carbocycles. The monoisotopic (exact) mass is 426 g/mol. The molecule has 2 aromatic carbocycles. The maximum atomic E-state index is 14.8. The van der Waals surface area contributed by atoms with Crippen LogP contribution in [0.1, 0.15) is 18.1 Å². The zero-order chi connectivity index (χ0) is 21.3. The quantitative estimate of drug-likeness (QED) is 0.604. The molecule has 0 spiro atoms. The number of hydrogen-bond donors (Lipinski definition) is 2. The van der Waals surface area contributed by atoms with E-state index in [0.717, 1.165) is 23.8 Å². The fraction of sp³-hybridized carbons (Fsp3) is 0.143. The number of sulfonamides is 1. The van der Waals surface area contributed by atoms with E-state index < -0.39 is 15.8 Å². The van der Waals surface area contributed by atoms with Crippen LogP contribution in [-0.4, -0.2) is 24.6 Å². The highest BCUT2D eigenvalue weighted by atomic mass is 32.2. The van der Waals surface area contributed by atoms with E-state index in [1.165, 1.54) is 12.3 Å². The fourth-order valence-corrected chi connectivity index (χ4v) is 3.73. The molecule has 0 bridgehead atoms. The summed E-state index contributed by atoms with van der Waals surface area (Å²) in [5.41, 5.74) is 3.56. The van der Waals surface area contributed by atoms with Crippen LogP contribution in [0, 0.1) is 5.82 Å². The second-order valence-electron chi connectivity index (χ2n) is 7.02. The summed E-state index contributed by atoms with van der Waals surface area (Å²) in [6.07, 6.45) is 5.12. The van der Waals surface area contributed by atoms with Gasteiger partial charge in [0.15, 0.2) is 11.6 Å². The standard InChI is InChI=1S/C21H19FN4O3S/c1-13-10-14-6-7-18(20(22)17(14)11-13)29-19-8-9-23-21(25-19)24-15-4-3-5-16(12-15)26-30(2,27)28/h3-9,11-12,26H,10H2,1-2H3,(H,23,24,25). The zero-order valence-electron chi connectivity index (χ0n) is 16.3. The van der Waals surface area contributed by atoms with E-state index in [-0.39, 0.29) is 17.6 Å². The van der Waals surface area contributed by atoms with Gasteiger partial charge in [0, 0.05) is 23.5 Å². The first kappa shape index (κ1) is 19.8. The van der Waals surface area contributed by atoms with E-state index in [2.05, 4.69) is 20.0 Å². The third kappa shape index (κ3) is 4.57. The molecule has 0 unspecified atom stereocenters. The molecule has 3 aromatic rings. The van der Waals surface area contributed by atoms with E-state index in [9.17, 15) is 12.8 Å². The van der Waals surface area contributed by atoms with Gasteiger partial charge >= 0.3 is 0 Å². The lowest BCUT2D eigenvalue weighted by Crippen LogP contribution is -2.09. The smallest absolute Gasteiger partial charge is 0.230 e. The molecule has 2 N–H and O–H groups in total. The Morgan fingerprint density at radius 2 is 1.93 bits per heavy atom. The Labute approximate surface area is 173 Å². The average Bonchev–Trinajstić information content (AvgIpc) is 3.05. The molecular weight excluding hydrogens is 407 g/mol. The maximum absolute atomic E-state index is 14.8. The number of rotatable bonds is 6. The average molecular weight is 426 g/mol. The van der Waals surface area contributed by atoms with Crippen molar-refractivity contribution in [2.24, 2.45) is 0 Å². The van der Waals surface area contributed by atoms with Crippen molar-refractivity contribution in [3.05, 3.63) is 71.2 Å². The minimum atomic E-state index is -3.39. The van der Waals surface area contributed by atoms with Crippen molar-refractivity contribution in [3.8, 4) is 11.6 Å². The molecule has 1 aliphatic rings. The minimum absolute atomic E-state index is 0.0868. The largest absolute Gasteiger partial charge is 0.436 e. The Bertz CT molecular complexity index is 1260. The van der Waals surface area contributed by atoms with Crippen molar-refractivity contribution < 1.29 is 17.5 Å². The number of nitrogens with zero attached hydrogens (tertiary/aromatic N) is 2. The molecule has 0 atom stereocenters. The molecule has 0 radical (unpaired) electrons. The number of aromatic nitrogens is 2. The molecular formula is C21H19FN4O3S. The summed E-state index contributed by atoms with van der Waals surface area (Å²) in [6, 6.07) is 11.6. The third-order valence-corrected chi connectivity index (χ3v) is 4.97. The lowest BCUT2D eigenvalue weighted by atomic mass is 10.1. The first-order valence-electron chi connectivity index (χ1n) is 9.11. The molecule has 0 amide bonds. The van der Waals surface area contributed by atoms with E-state index in [0.29, 0.717) is 16.9 Å². The van der Waals surface area contributed by atoms with Gasteiger partial charge in [-0.15, -0.1) is 0 Å². The summed E-state index contributed by atoms with van der Waals surface area (Å²) in [7, 11) is -3.39. The highest BCUT2D eigenvalue weighted by Crippen LogP contribution is 2.34. The number of allylic oxidation sites excluding steroid dienone is 1. The summed E-state index contributed by atoms with van der Waals surface area (Å²) in [6.45, 7) is 1.96. The maximum Gasteiger partial charge on any atom is 0.230 e. The van der Waals surface area contributed by atoms with Crippen LogP contribution in [0.5, 0.6) is 11.6 Å². The van der Waals surface area contributed by atoms with Gasteiger partial charge in [-0.05, 0) is 43.2 Å². The molecule has 0 aliphatic heterocycles. The van der Waals surface area contributed by atoms with Crippen molar-refractivity contribution in [1.82, 2.24) is 9.97 Å². The molecule has 7 nitrogen and oxygen atoms in total. The SMILES string of the molecule is CC1=Cc2c(ccc(Oc3ccnc(Nc4cccc(NS(C)(=O)=O)c4)n3)c2F)C1. The summed E-state index contributed by atoms with van der Waals surface area (Å²) in [5.74, 6) is 0.0671. The van der Waals surface area contributed by atoms with E-state index in [4.69, 9.17) is 4.74 Å². The summed E-state index contributed by atoms with van der Waals surface area (Å²) in [5, 5.41) is 2.98. The molecule has 4 rings (SSSR count). The lowest BCUT2D eigenvalue weighted by Gasteiger charge is -2.11. The lowest BCUT2D eigenvalue weighted by molar-refractivity contribution is 0.426. The number of nitrogens with one attached hydrogen (secondary N) is 2. The van der Waals surface area contributed by atoms with Crippen molar-refractivity contribution in [1.29, 1.82) is 0 Å². The molecule has 9 heteroatoms. The number of benzene rings is 2. The van der Waals surface area contributed by atoms with Crippen LogP contribution in [-0.2, 0) is 16.4 Å². The van der Waals surface area contributed by atoms with Gasteiger partial charge < -0.3 is 10.1 Å². The van der Waals surface area contributed by atoms with Gasteiger partial charge in [-0.2, -0.15) is 4.98 Å². The van der Waals surface area contributed by atoms with Gasteiger partial charge in [0.05, 0.1) is 11.9 Å². The van der Waals surface area contributed by atoms with E-state index >= 15 is 0 Å². The van der Waals surface area contributed by atoms with Crippen LogP contribution in [0.15, 0.2) is 54.2 Å². The van der Waals surface area contributed by atoms with Crippen LogP contribution in [0.25, 0.3) is 6.08 Å². The Morgan fingerprint density at radius 3 is 2.73 bits per heavy atom. The molecule has 1 aromatic heterocycles. The van der Waals surface area contributed by atoms with Gasteiger partial charge in [-0.1, -0.05) is 23.8 Å². The Hall–Kier alpha value is -3.46. The van der Waals surface area contributed by atoms with Crippen LogP contribution in [0.3, 0.4) is 0 Å². The minimum Gasteiger partial charge on any atom is -0.436 e. The van der Waals surface area contributed by atoms with Crippen LogP contribution in [0.4, 0.5) is 21.7 Å². The number of anilines is 3. The predicted molar refractivity (Wildman–Crippen MR) is 114 cm³/mol. The topological polar surface area (TPSA) is 93.2 Å². The second-order valence-corrected chi connectivity index (χ2v) is 8.77. The zero-order valence-corrected chi connectivity index (χ0v) is 17.1. The molecule has 0 saturated carbocycles. The number of halogens is 1. The highest BCUT2D eigenvalue weighted by molar-refractivity contribution is 7.92. The van der Waals surface area contributed by atoms with Crippen molar-refractivity contribution in [2.75, 3.05) is 16.3 Å². The van der Waals surface area contributed by atoms with Gasteiger partial charge in [0.25, 0.3) is 0 Å². The first-order chi connectivity index (χ1) is 14.3. The molecule has 154 valence electrons. The second kappa shape index (κ2) is 7.75. The summed E-state index contributed by atoms with van der Waals surface area (Å²) >= 11 is 0. The summed E-state index contributed by atoms with van der Waals surface area (Å²) in [4.78, 5) is 8.38. The summed E-state index contributed by atoms with van der Waals surface area (Å²) < 4.78 is 45.6. The molecule has 30 heavy (non-hydrogen) atoms. The van der Waals surface area contributed by atoms with Gasteiger partial charge in [-0.25, -0.2) is 17.8 Å². The fourth-order valence-electron chi connectivity index (χ4n) is 3.18. The van der Waals surface area contributed by atoms with Crippen LogP contribution in [0.2, 0.25) is 0 Å². The van der Waals surface area contributed by atoms with Crippen molar-refractivity contribution in [2.45, 2.75) is 13.3 Å². The number of fused-ring (bicyclic) bond motifs is 1. The normalized spacial score (nSPS) is 12.8. The predicted octanol–water partition coefficient (Wildman–Crippen LogP) is 4.48. The van der Waals surface area contributed by atoms with E-state index in [1.54, 1.807) is 30.3 Å². The third-order valence-electron chi connectivity index (χ3n) is 4.36. The number of hydrogen-bond acceptors (Lipinski definition) is 6. The van der Waals surface area contributed by atoms with Crippen molar-refractivity contribution >= 4 is 33.4 Å². The molecule has 1 heterocycles. The first-order valence-corrected chi connectivity index (χ1v) is 11.0. The van der Waals surface area contributed by atoms with Gasteiger partial charge in [0.1, 0.15) is 0 Å². The Balaban J connectivity index is 1.53. The molecule has 0 saturated heterocycles. The van der Waals surface area contributed by atoms with Crippen molar-refractivity contribution in [3.63, 3.8) is 0 Å². The molecule has 0 fully saturated rings. The Kier molecular flexibility index (Phi) is 5.13. The van der Waals surface area contributed by atoms with E-state index in [1.807, 2.05) is 19.1 Å². The Morgan fingerprint density at radius 1 is 1.13 bits per heavy atom. The van der Waals surface area contributed by atoms with Crippen LogP contribution >= 0.6 is 0 Å². The number of ether oxygens (including phenoxy) is 1. The van der Waals surface area contributed by atoms with Gasteiger partial charge in [-0.3, -0.25) is 4.72 Å². The highest BCUT2D eigenvalue weighted by Gasteiger charge is 2.18.